The largest absolute Gasteiger partial charge is 0.370 e. The predicted molar refractivity (Wildman–Crippen MR) is 56.8 cm³/mol. The molecule has 0 aliphatic carbocycles. The van der Waals surface area contributed by atoms with Crippen LogP contribution >= 0.6 is 0 Å². The van der Waals surface area contributed by atoms with Crippen LogP contribution in [0.5, 0.6) is 5.75 Å². The summed E-state index contributed by atoms with van der Waals surface area (Å²) in [5, 5.41) is 3.72. The number of carbonyl (C=O) groups is 1. The quantitative estimate of drug-likeness (QED) is 0.799. The van der Waals surface area contributed by atoms with Crippen LogP contribution in [-0.2, 0) is 17.6 Å². The zero-order valence-corrected chi connectivity index (χ0v) is 8.27. The maximum atomic E-state index is 10.6. The number of aryl methyl sites for hydroxylation is 1. The molecule has 0 saturated heterocycles. The van der Waals surface area contributed by atoms with Crippen LogP contribution in [0, 0.1) is 0 Å². The van der Waals surface area contributed by atoms with Gasteiger partial charge in [0, 0.05) is 24.6 Å². The average Bonchev–Trinajstić information content (AvgIpc) is 2.26. The lowest BCUT2D eigenvalue weighted by Gasteiger charge is -2.11. The summed E-state index contributed by atoms with van der Waals surface area (Å²) in [5.74, 6) is 0.519. The first-order chi connectivity index (χ1) is 7.25. The van der Waals surface area contributed by atoms with E-state index in [4.69, 9.17) is 10.6 Å². The molecule has 2 N–H and O–H groups in total. The Hall–Kier alpha value is -1.84. The molecule has 4 nitrogen and oxygen atoms in total. The highest BCUT2D eigenvalue weighted by molar-refractivity contribution is 5.74. The second kappa shape index (κ2) is 4.13. The molecule has 1 aromatic carbocycles. The first kappa shape index (κ1) is 9.71. The Balaban J connectivity index is 2.12. The van der Waals surface area contributed by atoms with Crippen molar-refractivity contribution in [1.82, 2.24) is 0 Å². The molecule has 1 aliphatic heterocycles. The Morgan fingerprint density at radius 2 is 2.40 bits per heavy atom. The number of nitrogens with zero attached hydrogens (tertiary/aromatic N) is 1. The number of amides is 1. The van der Waals surface area contributed by atoms with Gasteiger partial charge in [0.1, 0.15) is 0 Å². The standard InChI is InChI=1S/C11H12N2O2/c12-11(14)4-2-8-1-3-10-9(7-8)5-6-13-15-10/h1,3,6-7H,2,4-5H2,(H2,12,14). The van der Waals surface area contributed by atoms with Crippen LogP contribution in [0.4, 0.5) is 0 Å². The van der Waals surface area contributed by atoms with E-state index in [-0.39, 0.29) is 5.91 Å². The van der Waals surface area contributed by atoms with Gasteiger partial charge >= 0.3 is 0 Å². The molecule has 0 atom stereocenters. The van der Waals surface area contributed by atoms with E-state index in [9.17, 15) is 4.79 Å². The predicted octanol–water partition coefficient (Wildman–Crippen LogP) is 1.03. The lowest BCUT2D eigenvalue weighted by atomic mass is 10.0. The van der Waals surface area contributed by atoms with E-state index in [2.05, 4.69) is 5.16 Å². The molecule has 0 unspecified atom stereocenters. The van der Waals surface area contributed by atoms with Crippen LogP contribution in [0.1, 0.15) is 17.5 Å². The van der Waals surface area contributed by atoms with Crippen molar-refractivity contribution in [2.45, 2.75) is 19.3 Å². The van der Waals surface area contributed by atoms with E-state index < -0.39 is 0 Å². The van der Waals surface area contributed by atoms with Gasteiger partial charge in [0.05, 0.1) is 0 Å². The van der Waals surface area contributed by atoms with Gasteiger partial charge in [0.15, 0.2) is 5.75 Å². The summed E-state index contributed by atoms with van der Waals surface area (Å²) < 4.78 is 0. The zero-order valence-electron chi connectivity index (χ0n) is 8.27. The molecule has 1 aromatic rings. The number of oxime groups is 1. The highest BCUT2D eigenvalue weighted by atomic mass is 16.6. The molecule has 1 aliphatic rings. The number of fused-ring (bicyclic) bond motifs is 1. The summed E-state index contributed by atoms with van der Waals surface area (Å²) >= 11 is 0. The summed E-state index contributed by atoms with van der Waals surface area (Å²) in [6.45, 7) is 0. The van der Waals surface area contributed by atoms with E-state index in [0.717, 1.165) is 23.3 Å². The normalized spacial score (nSPS) is 13.1. The molecule has 0 bridgehead atoms. The highest BCUT2D eigenvalue weighted by Gasteiger charge is 2.08. The molecule has 78 valence electrons. The van der Waals surface area contributed by atoms with Crippen molar-refractivity contribution in [2.75, 3.05) is 0 Å². The summed E-state index contributed by atoms with van der Waals surface area (Å²) in [5.41, 5.74) is 7.30. The Kier molecular flexibility index (Phi) is 2.67. The van der Waals surface area contributed by atoms with E-state index >= 15 is 0 Å². The van der Waals surface area contributed by atoms with Gasteiger partial charge in [0.2, 0.25) is 5.91 Å². The number of hydrogen-bond donors (Lipinski definition) is 1. The van der Waals surface area contributed by atoms with Crippen LogP contribution in [0.25, 0.3) is 0 Å². The van der Waals surface area contributed by atoms with E-state index in [1.165, 1.54) is 0 Å². The maximum Gasteiger partial charge on any atom is 0.217 e. The van der Waals surface area contributed by atoms with Gasteiger partial charge in [-0.2, -0.15) is 0 Å². The van der Waals surface area contributed by atoms with E-state index in [0.29, 0.717) is 12.8 Å². The molecule has 1 amide bonds. The first-order valence-corrected chi connectivity index (χ1v) is 4.84. The second-order valence-electron chi connectivity index (χ2n) is 3.49. The van der Waals surface area contributed by atoms with Crippen molar-refractivity contribution in [3.63, 3.8) is 0 Å². The average molecular weight is 204 g/mol. The maximum absolute atomic E-state index is 10.6. The molecule has 0 aromatic heterocycles. The van der Waals surface area contributed by atoms with Crippen LogP contribution in [0.3, 0.4) is 0 Å². The third-order valence-corrected chi connectivity index (χ3v) is 2.32. The first-order valence-electron chi connectivity index (χ1n) is 4.84. The molecular weight excluding hydrogens is 192 g/mol. The van der Waals surface area contributed by atoms with E-state index in [1.807, 2.05) is 18.2 Å². The monoisotopic (exact) mass is 204 g/mol. The van der Waals surface area contributed by atoms with Crippen molar-refractivity contribution < 1.29 is 9.63 Å². The molecular formula is C11H12N2O2. The number of primary amides is 1. The molecule has 0 spiro atoms. The van der Waals surface area contributed by atoms with Crippen LogP contribution < -0.4 is 10.6 Å². The minimum atomic E-state index is -0.273. The van der Waals surface area contributed by atoms with Crippen LogP contribution in [-0.4, -0.2) is 12.1 Å². The Labute approximate surface area is 87.7 Å². The number of hydrogen-bond acceptors (Lipinski definition) is 3. The van der Waals surface area contributed by atoms with Crippen molar-refractivity contribution >= 4 is 12.1 Å². The fraction of sp³-hybridized carbons (Fsp3) is 0.273. The third-order valence-electron chi connectivity index (χ3n) is 2.32. The lowest BCUT2D eigenvalue weighted by Crippen LogP contribution is -2.11. The SMILES string of the molecule is NC(=O)CCc1ccc2c(c1)CC=NO2. The van der Waals surface area contributed by atoms with Gasteiger partial charge < -0.3 is 10.6 Å². The molecule has 15 heavy (non-hydrogen) atoms. The fourth-order valence-electron chi connectivity index (χ4n) is 1.53. The smallest absolute Gasteiger partial charge is 0.217 e. The minimum Gasteiger partial charge on any atom is -0.370 e. The topological polar surface area (TPSA) is 64.7 Å². The molecule has 2 rings (SSSR count). The molecule has 4 heteroatoms. The van der Waals surface area contributed by atoms with Gasteiger partial charge in [-0.05, 0) is 18.1 Å². The second-order valence-corrected chi connectivity index (χ2v) is 3.49. The van der Waals surface area contributed by atoms with Crippen molar-refractivity contribution in [2.24, 2.45) is 10.9 Å². The zero-order chi connectivity index (χ0) is 10.7. The van der Waals surface area contributed by atoms with Crippen LogP contribution in [0.15, 0.2) is 23.4 Å². The van der Waals surface area contributed by atoms with Gasteiger partial charge in [-0.1, -0.05) is 17.3 Å². The summed E-state index contributed by atoms with van der Waals surface area (Å²) in [6.07, 6.45) is 3.56. The van der Waals surface area contributed by atoms with Crippen molar-refractivity contribution in [1.29, 1.82) is 0 Å². The van der Waals surface area contributed by atoms with Crippen molar-refractivity contribution in [3.8, 4) is 5.75 Å². The van der Waals surface area contributed by atoms with E-state index in [1.54, 1.807) is 6.21 Å². The summed E-state index contributed by atoms with van der Waals surface area (Å²) in [7, 11) is 0. The molecule has 0 fully saturated rings. The minimum absolute atomic E-state index is 0.273. The number of rotatable bonds is 3. The molecule has 1 heterocycles. The fourth-order valence-corrected chi connectivity index (χ4v) is 1.53. The molecule has 0 radical (unpaired) electrons. The van der Waals surface area contributed by atoms with Crippen LogP contribution in [0.2, 0.25) is 0 Å². The van der Waals surface area contributed by atoms with Crippen molar-refractivity contribution in [3.05, 3.63) is 29.3 Å². The highest BCUT2D eigenvalue weighted by Crippen LogP contribution is 2.23. The number of benzene rings is 1. The number of nitrogens with two attached hydrogens (primary N) is 1. The summed E-state index contributed by atoms with van der Waals surface area (Å²) in [6, 6.07) is 5.84. The van der Waals surface area contributed by atoms with Gasteiger partial charge in [-0.25, -0.2) is 0 Å². The lowest BCUT2D eigenvalue weighted by molar-refractivity contribution is -0.117. The van der Waals surface area contributed by atoms with Gasteiger partial charge in [-0.3, -0.25) is 4.79 Å². The molecule has 0 saturated carbocycles. The van der Waals surface area contributed by atoms with Gasteiger partial charge in [-0.15, -0.1) is 0 Å². The van der Waals surface area contributed by atoms with Gasteiger partial charge in [0.25, 0.3) is 0 Å². The Bertz CT molecular complexity index is 413. The number of carbonyl (C=O) groups excluding carboxylic acids is 1. The third kappa shape index (κ3) is 2.34. The Morgan fingerprint density at radius 1 is 1.53 bits per heavy atom. The summed E-state index contributed by atoms with van der Waals surface area (Å²) in [4.78, 5) is 15.7. The Morgan fingerprint density at radius 3 is 3.20 bits per heavy atom.